The average Bonchev–Trinajstić information content (AvgIpc) is 2.39. The second-order valence-electron chi connectivity index (χ2n) is 2.76. The summed E-state index contributed by atoms with van der Waals surface area (Å²) < 4.78 is -0.565. The van der Waals surface area contributed by atoms with E-state index in [0.29, 0.717) is 6.54 Å². The van der Waals surface area contributed by atoms with Gasteiger partial charge in [0.2, 0.25) is 5.91 Å². The summed E-state index contributed by atoms with van der Waals surface area (Å²) in [6.07, 6.45) is 0.794. The monoisotopic (exact) mass is 196 g/mol. The SMILES string of the molecule is NC(=O)CNCC1CC1(Cl)Cl. The van der Waals surface area contributed by atoms with Gasteiger partial charge in [-0.15, -0.1) is 23.2 Å². The number of alkyl halides is 2. The molecule has 0 bridgehead atoms. The Balaban J connectivity index is 2.02. The molecule has 1 saturated carbocycles. The second kappa shape index (κ2) is 3.17. The van der Waals surface area contributed by atoms with Crippen LogP contribution >= 0.6 is 23.2 Å². The fraction of sp³-hybridized carbons (Fsp3) is 0.833. The number of nitrogens with one attached hydrogen (secondary N) is 1. The molecule has 1 fully saturated rings. The third-order valence-electron chi connectivity index (χ3n) is 1.65. The fourth-order valence-electron chi connectivity index (χ4n) is 0.861. The normalized spacial score (nSPS) is 26.5. The lowest BCUT2D eigenvalue weighted by molar-refractivity contribution is -0.117. The third-order valence-corrected chi connectivity index (χ3v) is 2.57. The summed E-state index contributed by atoms with van der Waals surface area (Å²) in [6.45, 7) is 0.857. The van der Waals surface area contributed by atoms with Crippen molar-refractivity contribution in [1.29, 1.82) is 0 Å². The number of hydrogen-bond donors (Lipinski definition) is 2. The number of nitrogens with two attached hydrogens (primary N) is 1. The number of primary amides is 1. The average molecular weight is 197 g/mol. The molecule has 3 N–H and O–H groups in total. The second-order valence-corrected chi connectivity index (χ2v) is 4.30. The standard InChI is InChI=1S/C6H10Cl2N2O/c7-6(8)1-4(6)2-10-3-5(9)11/h4,10H,1-3H2,(H2,9,11). The molecule has 1 atom stereocenters. The summed E-state index contributed by atoms with van der Waals surface area (Å²) in [7, 11) is 0. The minimum atomic E-state index is -0.565. The summed E-state index contributed by atoms with van der Waals surface area (Å²) >= 11 is 11.5. The van der Waals surface area contributed by atoms with Gasteiger partial charge >= 0.3 is 0 Å². The van der Waals surface area contributed by atoms with Crippen LogP contribution in [0.4, 0.5) is 0 Å². The lowest BCUT2D eigenvalue weighted by atomic mass is 10.4. The van der Waals surface area contributed by atoms with Gasteiger partial charge in [-0.2, -0.15) is 0 Å². The van der Waals surface area contributed by atoms with Gasteiger partial charge in [0.1, 0.15) is 4.33 Å². The molecule has 5 heteroatoms. The first-order valence-corrected chi connectivity index (χ1v) is 4.15. The Labute approximate surface area is 75.2 Å². The first-order valence-electron chi connectivity index (χ1n) is 3.39. The Morgan fingerprint density at radius 1 is 1.73 bits per heavy atom. The molecule has 1 amide bonds. The van der Waals surface area contributed by atoms with Crippen molar-refractivity contribution in [3.8, 4) is 0 Å². The van der Waals surface area contributed by atoms with Gasteiger partial charge in [-0.25, -0.2) is 0 Å². The highest BCUT2D eigenvalue weighted by Gasteiger charge is 2.50. The molecule has 1 unspecified atom stereocenters. The quantitative estimate of drug-likeness (QED) is 0.635. The zero-order valence-corrected chi connectivity index (χ0v) is 7.45. The molecule has 0 aromatic carbocycles. The number of hydrogen-bond acceptors (Lipinski definition) is 2. The third kappa shape index (κ3) is 2.85. The van der Waals surface area contributed by atoms with Crippen LogP contribution in [0.2, 0.25) is 0 Å². The number of halogens is 2. The van der Waals surface area contributed by atoms with Crippen molar-refractivity contribution >= 4 is 29.1 Å². The smallest absolute Gasteiger partial charge is 0.231 e. The van der Waals surface area contributed by atoms with Gasteiger partial charge in [-0.1, -0.05) is 0 Å². The summed E-state index contributed by atoms with van der Waals surface area (Å²) in [5.41, 5.74) is 4.90. The Hall–Kier alpha value is 0.01000. The number of rotatable bonds is 4. The van der Waals surface area contributed by atoms with E-state index in [1.807, 2.05) is 0 Å². The maximum absolute atomic E-state index is 10.3. The zero-order valence-electron chi connectivity index (χ0n) is 5.94. The van der Waals surface area contributed by atoms with Crippen molar-refractivity contribution in [2.75, 3.05) is 13.1 Å². The predicted molar refractivity (Wildman–Crippen MR) is 44.6 cm³/mol. The van der Waals surface area contributed by atoms with Crippen molar-refractivity contribution in [2.24, 2.45) is 11.7 Å². The fourth-order valence-corrected chi connectivity index (χ4v) is 1.39. The Morgan fingerprint density at radius 2 is 2.27 bits per heavy atom. The van der Waals surface area contributed by atoms with E-state index in [2.05, 4.69) is 5.32 Å². The highest BCUT2D eigenvalue weighted by atomic mass is 35.5. The summed E-state index contributed by atoms with van der Waals surface area (Å²) in [6, 6.07) is 0. The maximum Gasteiger partial charge on any atom is 0.231 e. The number of amides is 1. The van der Waals surface area contributed by atoms with Crippen LogP contribution in [-0.4, -0.2) is 23.3 Å². The summed E-state index contributed by atoms with van der Waals surface area (Å²) in [5.74, 6) is -0.0921. The summed E-state index contributed by atoms with van der Waals surface area (Å²) in [5, 5.41) is 2.86. The van der Waals surface area contributed by atoms with Gasteiger partial charge in [0.15, 0.2) is 0 Å². The number of carbonyl (C=O) groups excluding carboxylic acids is 1. The molecule has 0 aliphatic heterocycles. The minimum absolute atomic E-state index is 0.195. The molecule has 1 aliphatic rings. The molecule has 0 aromatic rings. The largest absolute Gasteiger partial charge is 0.369 e. The molecule has 64 valence electrons. The van der Waals surface area contributed by atoms with Crippen molar-refractivity contribution in [3.63, 3.8) is 0 Å². The van der Waals surface area contributed by atoms with E-state index in [-0.39, 0.29) is 18.4 Å². The summed E-state index contributed by atoms with van der Waals surface area (Å²) in [4.78, 5) is 10.3. The molecule has 0 spiro atoms. The molecule has 0 saturated heterocycles. The molecule has 0 radical (unpaired) electrons. The van der Waals surface area contributed by atoms with Crippen LogP contribution in [0.25, 0.3) is 0 Å². The van der Waals surface area contributed by atoms with Crippen LogP contribution in [-0.2, 0) is 4.79 Å². The molecular formula is C6H10Cl2N2O. The zero-order chi connectivity index (χ0) is 8.48. The topological polar surface area (TPSA) is 55.1 Å². The van der Waals surface area contributed by atoms with E-state index in [1.54, 1.807) is 0 Å². The lowest BCUT2D eigenvalue weighted by Gasteiger charge is -2.00. The minimum Gasteiger partial charge on any atom is -0.369 e. The van der Waals surface area contributed by atoms with Gasteiger partial charge < -0.3 is 11.1 Å². The van der Waals surface area contributed by atoms with Crippen LogP contribution in [0, 0.1) is 5.92 Å². The lowest BCUT2D eigenvalue weighted by Crippen LogP contribution is -2.30. The van der Waals surface area contributed by atoms with Gasteiger partial charge in [-0.05, 0) is 6.42 Å². The van der Waals surface area contributed by atoms with Crippen LogP contribution in [0.1, 0.15) is 6.42 Å². The van der Waals surface area contributed by atoms with Crippen LogP contribution in [0.5, 0.6) is 0 Å². The molecule has 1 aliphatic carbocycles. The van der Waals surface area contributed by atoms with Crippen molar-refractivity contribution < 1.29 is 4.79 Å². The molecule has 1 rings (SSSR count). The first-order chi connectivity index (χ1) is 5.02. The van der Waals surface area contributed by atoms with E-state index < -0.39 is 4.33 Å². The Morgan fingerprint density at radius 3 is 2.64 bits per heavy atom. The van der Waals surface area contributed by atoms with E-state index >= 15 is 0 Å². The van der Waals surface area contributed by atoms with Crippen molar-refractivity contribution in [1.82, 2.24) is 5.32 Å². The highest BCUT2D eigenvalue weighted by Crippen LogP contribution is 2.52. The molecule has 3 nitrogen and oxygen atoms in total. The van der Waals surface area contributed by atoms with E-state index in [9.17, 15) is 4.79 Å². The molecular weight excluding hydrogens is 187 g/mol. The molecule has 0 aromatic heterocycles. The van der Waals surface area contributed by atoms with Crippen LogP contribution < -0.4 is 11.1 Å². The van der Waals surface area contributed by atoms with Crippen molar-refractivity contribution in [3.05, 3.63) is 0 Å². The predicted octanol–water partition coefficient (Wildman–Crippen LogP) is 0.255. The number of carbonyl (C=O) groups is 1. The van der Waals surface area contributed by atoms with Crippen LogP contribution in [0.3, 0.4) is 0 Å². The molecule has 11 heavy (non-hydrogen) atoms. The first kappa shape index (κ1) is 9.10. The van der Waals surface area contributed by atoms with Crippen LogP contribution in [0.15, 0.2) is 0 Å². The highest BCUT2D eigenvalue weighted by molar-refractivity contribution is 6.50. The van der Waals surface area contributed by atoms with Crippen molar-refractivity contribution in [2.45, 2.75) is 10.8 Å². The van der Waals surface area contributed by atoms with E-state index in [4.69, 9.17) is 28.9 Å². The molecule has 0 heterocycles. The maximum atomic E-state index is 10.3. The van der Waals surface area contributed by atoms with Gasteiger partial charge in [-0.3, -0.25) is 4.79 Å². The Kier molecular flexibility index (Phi) is 2.62. The van der Waals surface area contributed by atoms with Gasteiger partial charge in [0.05, 0.1) is 6.54 Å². The van der Waals surface area contributed by atoms with Gasteiger partial charge in [0.25, 0.3) is 0 Å². The van der Waals surface area contributed by atoms with E-state index in [0.717, 1.165) is 6.42 Å². The van der Waals surface area contributed by atoms with Gasteiger partial charge in [0, 0.05) is 12.5 Å². The van der Waals surface area contributed by atoms with E-state index in [1.165, 1.54) is 0 Å². The Bertz CT molecular complexity index is 172.